The van der Waals surface area contributed by atoms with Crippen LogP contribution in [-0.4, -0.2) is 23.3 Å². The Bertz CT molecular complexity index is 731. The van der Waals surface area contributed by atoms with Crippen LogP contribution < -0.4 is 10.5 Å². The third-order valence-corrected chi connectivity index (χ3v) is 3.94. The zero-order chi connectivity index (χ0) is 15.0. The topological polar surface area (TPSA) is 85.2 Å². The van der Waals surface area contributed by atoms with Gasteiger partial charge in [0.05, 0.1) is 6.61 Å². The molecule has 5 heteroatoms. The highest BCUT2D eigenvalue weighted by molar-refractivity contribution is 6.02. The molecule has 0 unspecified atom stereocenters. The van der Waals surface area contributed by atoms with E-state index in [4.69, 9.17) is 10.5 Å². The van der Waals surface area contributed by atoms with E-state index in [1.54, 1.807) is 6.92 Å². The largest absolute Gasteiger partial charge is 0.493 e. The molecular formula is C16H18N2O3. The number of nitrogens with one attached hydrogen (secondary N) is 1. The Labute approximate surface area is 122 Å². The number of nitrogens with two attached hydrogens (primary N) is 1. The molecule has 0 bridgehead atoms. The van der Waals surface area contributed by atoms with Crippen LogP contribution in [0.25, 0.3) is 10.9 Å². The minimum absolute atomic E-state index is 0.157. The predicted molar refractivity (Wildman–Crippen MR) is 79.6 cm³/mol. The fraction of sp³-hybridized carbons (Fsp3) is 0.375. The fourth-order valence-corrected chi connectivity index (χ4v) is 3.03. The van der Waals surface area contributed by atoms with Gasteiger partial charge in [-0.3, -0.25) is 4.79 Å². The van der Waals surface area contributed by atoms with Gasteiger partial charge in [-0.1, -0.05) is 0 Å². The van der Waals surface area contributed by atoms with Crippen LogP contribution in [0.1, 0.15) is 41.4 Å². The number of hydrogen-bond donors (Lipinski definition) is 2. The van der Waals surface area contributed by atoms with Gasteiger partial charge < -0.3 is 20.2 Å². The van der Waals surface area contributed by atoms with Crippen molar-refractivity contribution in [1.82, 2.24) is 4.98 Å². The van der Waals surface area contributed by atoms with Gasteiger partial charge in [0, 0.05) is 29.3 Å². The summed E-state index contributed by atoms with van der Waals surface area (Å²) in [6.07, 6.45) is 2.72. The standard InChI is InChI=1S/C16H18N2O3/c1-9(19)3-2-4-11-14-10-7-8-21-13(10)6-5-12(14)18-15(11)16(17)20/h5-6,18H,2-4,7-8H2,1H3,(H2,17,20). The van der Waals surface area contributed by atoms with Gasteiger partial charge in [0.25, 0.3) is 5.91 Å². The predicted octanol–water partition coefficient (Wildman–Crippen LogP) is 2.11. The third-order valence-electron chi connectivity index (χ3n) is 3.94. The van der Waals surface area contributed by atoms with E-state index in [-0.39, 0.29) is 5.78 Å². The van der Waals surface area contributed by atoms with Gasteiger partial charge in [0.2, 0.25) is 0 Å². The second-order valence-corrected chi connectivity index (χ2v) is 5.46. The molecule has 0 aliphatic carbocycles. The van der Waals surface area contributed by atoms with E-state index in [1.807, 2.05) is 12.1 Å². The number of aromatic amines is 1. The van der Waals surface area contributed by atoms with E-state index < -0.39 is 5.91 Å². The third kappa shape index (κ3) is 2.39. The molecule has 3 N–H and O–H groups in total. The van der Waals surface area contributed by atoms with Crippen molar-refractivity contribution in [2.45, 2.75) is 32.6 Å². The lowest BCUT2D eigenvalue weighted by Crippen LogP contribution is -2.13. The van der Waals surface area contributed by atoms with E-state index in [1.165, 1.54) is 0 Å². The van der Waals surface area contributed by atoms with Crippen molar-refractivity contribution >= 4 is 22.6 Å². The summed E-state index contributed by atoms with van der Waals surface area (Å²) in [6, 6.07) is 3.84. The molecule has 1 aliphatic rings. The molecule has 0 saturated carbocycles. The number of carbonyl (C=O) groups is 2. The molecule has 0 radical (unpaired) electrons. The normalized spacial score (nSPS) is 13.2. The monoisotopic (exact) mass is 286 g/mol. The van der Waals surface area contributed by atoms with Crippen LogP contribution in [0.3, 0.4) is 0 Å². The fourth-order valence-electron chi connectivity index (χ4n) is 3.03. The maximum Gasteiger partial charge on any atom is 0.265 e. The van der Waals surface area contributed by atoms with Crippen molar-refractivity contribution in [3.63, 3.8) is 0 Å². The zero-order valence-corrected chi connectivity index (χ0v) is 12.0. The first-order valence-corrected chi connectivity index (χ1v) is 7.16. The van der Waals surface area contributed by atoms with Gasteiger partial charge in [-0.25, -0.2) is 0 Å². The summed E-state index contributed by atoms with van der Waals surface area (Å²) in [7, 11) is 0. The Morgan fingerprint density at radius 2 is 2.19 bits per heavy atom. The maximum atomic E-state index is 11.7. The second kappa shape index (κ2) is 5.24. The molecule has 21 heavy (non-hydrogen) atoms. The molecule has 3 rings (SSSR count). The van der Waals surface area contributed by atoms with Crippen LogP contribution in [0.2, 0.25) is 0 Å². The number of primary amides is 1. The molecule has 1 aliphatic heterocycles. The van der Waals surface area contributed by atoms with E-state index in [9.17, 15) is 9.59 Å². The summed E-state index contributed by atoms with van der Waals surface area (Å²) in [5.41, 5.74) is 8.90. The SMILES string of the molecule is CC(=O)CCCc1c(C(N)=O)[nH]c2ccc3c(c12)CCO3. The van der Waals surface area contributed by atoms with Gasteiger partial charge in [0.15, 0.2) is 0 Å². The average Bonchev–Trinajstić information content (AvgIpc) is 3.01. The zero-order valence-electron chi connectivity index (χ0n) is 12.0. The van der Waals surface area contributed by atoms with Crippen LogP contribution in [0.5, 0.6) is 5.75 Å². The average molecular weight is 286 g/mol. The number of H-pyrrole nitrogens is 1. The van der Waals surface area contributed by atoms with Crippen molar-refractivity contribution in [1.29, 1.82) is 0 Å². The molecule has 110 valence electrons. The van der Waals surface area contributed by atoms with Gasteiger partial charge in [-0.15, -0.1) is 0 Å². The van der Waals surface area contributed by atoms with E-state index in [0.717, 1.165) is 34.2 Å². The Morgan fingerprint density at radius 1 is 1.38 bits per heavy atom. The van der Waals surface area contributed by atoms with Crippen molar-refractivity contribution in [2.75, 3.05) is 6.61 Å². The highest BCUT2D eigenvalue weighted by atomic mass is 16.5. The molecule has 1 amide bonds. The van der Waals surface area contributed by atoms with Crippen molar-refractivity contribution < 1.29 is 14.3 Å². The van der Waals surface area contributed by atoms with Gasteiger partial charge in [-0.05, 0) is 37.5 Å². The molecule has 1 aromatic carbocycles. The van der Waals surface area contributed by atoms with Crippen molar-refractivity contribution in [3.05, 3.63) is 29.0 Å². The quantitative estimate of drug-likeness (QED) is 0.882. The van der Waals surface area contributed by atoms with Crippen LogP contribution in [0, 0.1) is 0 Å². The number of carbonyl (C=O) groups excluding carboxylic acids is 2. The number of aryl methyl sites for hydroxylation is 1. The van der Waals surface area contributed by atoms with Gasteiger partial charge >= 0.3 is 0 Å². The summed E-state index contributed by atoms with van der Waals surface area (Å²) in [5.74, 6) is 0.575. The minimum atomic E-state index is -0.461. The first-order chi connectivity index (χ1) is 10.1. The summed E-state index contributed by atoms with van der Waals surface area (Å²) in [5, 5.41) is 1.04. The highest BCUT2D eigenvalue weighted by Crippen LogP contribution is 2.36. The molecular weight excluding hydrogens is 268 g/mol. The van der Waals surface area contributed by atoms with Crippen LogP contribution in [0.4, 0.5) is 0 Å². The van der Waals surface area contributed by atoms with Crippen LogP contribution in [-0.2, 0) is 17.6 Å². The number of hydrogen-bond acceptors (Lipinski definition) is 3. The lowest BCUT2D eigenvalue weighted by molar-refractivity contribution is -0.117. The molecule has 0 atom stereocenters. The molecule has 1 aromatic heterocycles. The second-order valence-electron chi connectivity index (χ2n) is 5.46. The molecule has 0 saturated heterocycles. The summed E-state index contributed by atoms with van der Waals surface area (Å²) >= 11 is 0. The molecule has 2 aromatic rings. The Kier molecular flexibility index (Phi) is 3.41. The molecule has 2 heterocycles. The van der Waals surface area contributed by atoms with Crippen LogP contribution in [0.15, 0.2) is 12.1 Å². The highest BCUT2D eigenvalue weighted by Gasteiger charge is 2.22. The number of benzene rings is 1. The number of aromatic nitrogens is 1. The molecule has 0 fully saturated rings. The van der Waals surface area contributed by atoms with E-state index in [0.29, 0.717) is 31.6 Å². The van der Waals surface area contributed by atoms with E-state index >= 15 is 0 Å². The van der Waals surface area contributed by atoms with E-state index in [2.05, 4.69) is 4.98 Å². The Balaban J connectivity index is 2.09. The van der Waals surface area contributed by atoms with Gasteiger partial charge in [0.1, 0.15) is 17.2 Å². The number of amides is 1. The van der Waals surface area contributed by atoms with Crippen molar-refractivity contribution in [2.24, 2.45) is 5.73 Å². The summed E-state index contributed by atoms with van der Waals surface area (Å²) < 4.78 is 5.59. The number of rotatable bonds is 5. The Hall–Kier alpha value is -2.30. The number of ether oxygens (including phenoxy) is 1. The first kappa shape index (κ1) is 13.7. The number of Topliss-reactive ketones (excluding diaryl/α,β-unsaturated/α-hetero) is 1. The number of fused-ring (bicyclic) bond motifs is 3. The maximum absolute atomic E-state index is 11.7. The summed E-state index contributed by atoms with van der Waals surface area (Å²) in [6.45, 7) is 2.24. The molecule has 5 nitrogen and oxygen atoms in total. The van der Waals surface area contributed by atoms with Gasteiger partial charge in [-0.2, -0.15) is 0 Å². The smallest absolute Gasteiger partial charge is 0.265 e. The number of ketones is 1. The molecule has 0 spiro atoms. The minimum Gasteiger partial charge on any atom is -0.493 e. The first-order valence-electron chi connectivity index (χ1n) is 7.16. The van der Waals surface area contributed by atoms with Crippen molar-refractivity contribution in [3.8, 4) is 5.75 Å². The summed E-state index contributed by atoms with van der Waals surface area (Å²) in [4.78, 5) is 25.9. The Morgan fingerprint density at radius 3 is 2.90 bits per heavy atom. The van der Waals surface area contributed by atoms with Crippen LogP contribution >= 0.6 is 0 Å². The lowest BCUT2D eigenvalue weighted by atomic mass is 9.98. The lowest BCUT2D eigenvalue weighted by Gasteiger charge is -2.05.